The highest BCUT2D eigenvalue weighted by Gasteiger charge is 2.46. The SMILES string of the molecule is CF.O=c1c2c(n(Cc3ccccc3C(F)(F)F)c(=O)n1CCc1ccccc1)COC21CCNCC1. The Hall–Kier alpha value is -3.24. The molecule has 1 N–H and O–H groups in total. The number of fused-ring (bicyclic) bond motifs is 2. The zero-order chi connectivity index (χ0) is 26.6. The van der Waals surface area contributed by atoms with Crippen LogP contribution < -0.4 is 16.6 Å². The predicted octanol–water partition coefficient (Wildman–Crippen LogP) is 4.01. The smallest absolute Gasteiger partial charge is 0.364 e. The number of hydrogen-bond donors (Lipinski definition) is 1. The molecule has 5 rings (SSSR count). The van der Waals surface area contributed by atoms with E-state index < -0.39 is 28.6 Å². The number of benzene rings is 2. The maximum Gasteiger partial charge on any atom is 0.416 e. The highest BCUT2D eigenvalue weighted by atomic mass is 19.4. The third-order valence-corrected chi connectivity index (χ3v) is 7.01. The molecule has 3 heterocycles. The average Bonchev–Trinajstić information content (AvgIpc) is 3.26. The Labute approximate surface area is 211 Å². The lowest BCUT2D eigenvalue weighted by atomic mass is 9.86. The molecule has 37 heavy (non-hydrogen) atoms. The summed E-state index contributed by atoms with van der Waals surface area (Å²) in [5.41, 5.74) is -0.906. The van der Waals surface area contributed by atoms with Gasteiger partial charge in [-0.2, -0.15) is 13.2 Å². The van der Waals surface area contributed by atoms with Crippen LogP contribution in [0.2, 0.25) is 0 Å². The minimum absolute atomic E-state index is 0.0214. The standard InChI is InChI=1S/C26H26F3N3O3.CH3F/c27-26(28,29)20-9-5-4-8-19(20)16-32-21-17-35-25(11-13-30-14-12-25)22(21)23(33)31(24(32)34)15-10-18-6-2-1-3-7-18;1-2/h1-9,30H,10-17H2;1H3. The molecule has 2 aromatic carbocycles. The number of aryl methyl sites for hydroxylation is 1. The molecule has 0 bridgehead atoms. The fourth-order valence-corrected chi connectivity index (χ4v) is 5.20. The van der Waals surface area contributed by atoms with Crippen molar-refractivity contribution in [2.24, 2.45) is 0 Å². The Morgan fingerprint density at radius 2 is 1.59 bits per heavy atom. The second-order valence-corrected chi connectivity index (χ2v) is 9.07. The summed E-state index contributed by atoms with van der Waals surface area (Å²) in [6.45, 7) is 1.16. The van der Waals surface area contributed by atoms with E-state index in [0.717, 1.165) is 11.6 Å². The lowest BCUT2D eigenvalue weighted by molar-refractivity contribution is -0.138. The molecule has 0 atom stereocenters. The van der Waals surface area contributed by atoms with E-state index in [9.17, 15) is 27.2 Å². The maximum absolute atomic E-state index is 13.7. The highest BCUT2D eigenvalue weighted by molar-refractivity contribution is 5.34. The van der Waals surface area contributed by atoms with Gasteiger partial charge in [-0.15, -0.1) is 0 Å². The summed E-state index contributed by atoms with van der Waals surface area (Å²) in [6.07, 6.45) is -2.99. The molecule has 1 saturated heterocycles. The van der Waals surface area contributed by atoms with Gasteiger partial charge in [-0.1, -0.05) is 48.5 Å². The van der Waals surface area contributed by atoms with E-state index in [1.165, 1.54) is 27.3 Å². The number of hydrogen-bond acceptors (Lipinski definition) is 4. The summed E-state index contributed by atoms with van der Waals surface area (Å²) in [4.78, 5) is 27.3. The molecule has 10 heteroatoms. The van der Waals surface area contributed by atoms with E-state index in [-0.39, 0.29) is 25.3 Å². The van der Waals surface area contributed by atoms with E-state index in [2.05, 4.69) is 5.32 Å². The third kappa shape index (κ3) is 5.26. The van der Waals surface area contributed by atoms with Gasteiger partial charge in [-0.25, -0.2) is 4.79 Å². The van der Waals surface area contributed by atoms with Crippen molar-refractivity contribution in [3.8, 4) is 0 Å². The van der Waals surface area contributed by atoms with Gasteiger partial charge >= 0.3 is 11.9 Å². The van der Waals surface area contributed by atoms with Crippen LogP contribution in [0.25, 0.3) is 0 Å². The van der Waals surface area contributed by atoms with Gasteiger partial charge in [-0.3, -0.25) is 18.3 Å². The first-order valence-corrected chi connectivity index (χ1v) is 12.1. The Morgan fingerprint density at radius 1 is 0.946 bits per heavy atom. The maximum atomic E-state index is 13.7. The quantitative estimate of drug-likeness (QED) is 0.518. The number of rotatable bonds is 5. The number of nitrogens with zero attached hydrogens (tertiary/aromatic N) is 2. The molecular formula is C27H29F4N3O3. The van der Waals surface area contributed by atoms with Crippen LogP contribution in [0.3, 0.4) is 0 Å². The summed E-state index contributed by atoms with van der Waals surface area (Å²) in [5.74, 6) is 0. The zero-order valence-electron chi connectivity index (χ0n) is 20.5. The van der Waals surface area contributed by atoms with Gasteiger partial charge in [0.05, 0.1) is 37.1 Å². The lowest BCUT2D eigenvalue weighted by Gasteiger charge is -2.33. The van der Waals surface area contributed by atoms with Crippen molar-refractivity contribution in [1.29, 1.82) is 0 Å². The molecule has 1 spiro atoms. The number of nitrogens with one attached hydrogen (secondary N) is 1. The Kier molecular flexibility index (Phi) is 7.99. The molecule has 3 aromatic rings. The van der Waals surface area contributed by atoms with Crippen molar-refractivity contribution in [3.05, 3.63) is 103 Å². The van der Waals surface area contributed by atoms with Crippen LogP contribution in [-0.2, 0) is 42.6 Å². The first-order valence-electron chi connectivity index (χ1n) is 12.1. The van der Waals surface area contributed by atoms with Crippen LogP contribution in [-0.4, -0.2) is 29.4 Å². The van der Waals surface area contributed by atoms with Gasteiger partial charge in [0, 0.05) is 6.54 Å². The first kappa shape index (κ1) is 26.8. The number of piperidine rings is 1. The minimum atomic E-state index is -4.56. The van der Waals surface area contributed by atoms with Crippen molar-refractivity contribution < 1.29 is 22.3 Å². The molecule has 0 radical (unpaired) electrons. The normalized spacial score (nSPS) is 16.2. The third-order valence-electron chi connectivity index (χ3n) is 7.01. The van der Waals surface area contributed by atoms with Crippen molar-refractivity contribution in [2.75, 3.05) is 20.3 Å². The van der Waals surface area contributed by atoms with Crippen LogP contribution in [0.1, 0.15) is 40.8 Å². The van der Waals surface area contributed by atoms with Gasteiger partial charge in [-0.05, 0) is 49.5 Å². The number of alkyl halides is 4. The monoisotopic (exact) mass is 519 g/mol. The second-order valence-electron chi connectivity index (χ2n) is 9.07. The van der Waals surface area contributed by atoms with Crippen molar-refractivity contribution in [2.45, 2.75) is 50.7 Å². The molecule has 0 aliphatic carbocycles. The first-order chi connectivity index (χ1) is 17.8. The van der Waals surface area contributed by atoms with E-state index in [1.807, 2.05) is 30.3 Å². The van der Waals surface area contributed by atoms with Crippen molar-refractivity contribution >= 4 is 0 Å². The molecule has 2 aliphatic rings. The highest BCUT2D eigenvalue weighted by Crippen LogP contribution is 2.41. The number of ether oxygens (including phenoxy) is 1. The van der Waals surface area contributed by atoms with Gasteiger partial charge in [0.15, 0.2) is 0 Å². The van der Waals surface area contributed by atoms with Crippen LogP contribution in [0.4, 0.5) is 17.6 Å². The van der Waals surface area contributed by atoms with Gasteiger partial charge in [0.2, 0.25) is 0 Å². The molecule has 2 aliphatic heterocycles. The van der Waals surface area contributed by atoms with Crippen LogP contribution in [0, 0.1) is 0 Å². The summed E-state index contributed by atoms with van der Waals surface area (Å²) in [6, 6.07) is 14.7. The van der Waals surface area contributed by atoms with Crippen LogP contribution >= 0.6 is 0 Å². The fraction of sp³-hybridized carbons (Fsp3) is 0.407. The minimum Gasteiger partial charge on any atom is -0.364 e. The Morgan fingerprint density at radius 3 is 2.27 bits per heavy atom. The summed E-state index contributed by atoms with van der Waals surface area (Å²) >= 11 is 0. The van der Waals surface area contributed by atoms with Gasteiger partial charge < -0.3 is 10.1 Å². The molecular weight excluding hydrogens is 490 g/mol. The fourth-order valence-electron chi connectivity index (χ4n) is 5.20. The number of aromatic nitrogens is 2. The van der Waals surface area contributed by atoms with E-state index in [0.29, 0.717) is 50.8 Å². The molecule has 0 amide bonds. The van der Waals surface area contributed by atoms with Crippen LogP contribution in [0.5, 0.6) is 0 Å². The summed E-state index contributed by atoms with van der Waals surface area (Å²) in [5, 5.41) is 3.25. The summed E-state index contributed by atoms with van der Waals surface area (Å²) < 4.78 is 59.2. The topological polar surface area (TPSA) is 65.3 Å². The Balaban J connectivity index is 0.00000156. The van der Waals surface area contributed by atoms with Gasteiger partial charge in [0.1, 0.15) is 5.60 Å². The largest absolute Gasteiger partial charge is 0.416 e. The molecule has 198 valence electrons. The van der Waals surface area contributed by atoms with Crippen LogP contribution in [0.15, 0.2) is 64.2 Å². The predicted molar refractivity (Wildman–Crippen MR) is 131 cm³/mol. The van der Waals surface area contributed by atoms with E-state index >= 15 is 0 Å². The number of halogens is 4. The van der Waals surface area contributed by atoms with E-state index in [1.54, 1.807) is 0 Å². The van der Waals surface area contributed by atoms with Crippen molar-refractivity contribution in [1.82, 2.24) is 14.5 Å². The van der Waals surface area contributed by atoms with Gasteiger partial charge in [0.25, 0.3) is 5.56 Å². The molecule has 1 aromatic heterocycles. The average molecular weight is 520 g/mol. The lowest BCUT2D eigenvalue weighted by Crippen LogP contribution is -2.48. The molecule has 6 nitrogen and oxygen atoms in total. The zero-order valence-corrected chi connectivity index (χ0v) is 20.5. The summed E-state index contributed by atoms with van der Waals surface area (Å²) in [7, 11) is 0.500. The molecule has 0 unspecified atom stereocenters. The Bertz CT molecular complexity index is 1340. The second kappa shape index (κ2) is 11.0. The molecule has 0 saturated carbocycles. The van der Waals surface area contributed by atoms with Crippen molar-refractivity contribution in [3.63, 3.8) is 0 Å². The van der Waals surface area contributed by atoms with E-state index in [4.69, 9.17) is 4.74 Å². The molecule has 1 fully saturated rings.